The van der Waals surface area contributed by atoms with Gasteiger partial charge in [-0.1, -0.05) is 302 Å². The molecule has 0 aromatic heterocycles. The molecule has 3 N–H and O–H groups in total. The van der Waals surface area contributed by atoms with Gasteiger partial charge in [-0.25, -0.2) is 0 Å². The van der Waals surface area contributed by atoms with Crippen molar-refractivity contribution in [1.82, 2.24) is 5.32 Å². The number of aliphatic hydroxyl groups excluding tert-OH is 2. The highest BCUT2D eigenvalue weighted by atomic mass is 16.5. The predicted molar refractivity (Wildman–Crippen MR) is 301 cm³/mol. The van der Waals surface area contributed by atoms with Gasteiger partial charge >= 0.3 is 5.97 Å². The van der Waals surface area contributed by atoms with Crippen molar-refractivity contribution in [2.24, 2.45) is 0 Å². The molecule has 0 bridgehead atoms. The van der Waals surface area contributed by atoms with Crippen molar-refractivity contribution in [2.45, 2.75) is 366 Å². The van der Waals surface area contributed by atoms with Crippen LogP contribution in [0, 0.1) is 0 Å². The molecule has 0 spiro atoms. The zero-order chi connectivity index (χ0) is 50.0. The molecule has 0 heterocycles. The molecule has 0 aliphatic rings. The summed E-state index contributed by atoms with van der Waals surface area (Å²) in [7, 11) is 0. The van der Waals surface area contributed by atoms with Crippen LogP contribution in [0.25, 0.3) is 0 Å². The van der Waals surface area contributed by atoms with Crippen molar-refractivity contribution >= 4 is 11.9 Å². The highest BCUT2D eigenvalue weighted by Gasteiger charge is 2.20. The lowest BCUT2D eigenvalue weighted by molar-refractivity contribution is -0.143. The average Bonchev–Trinajstić information content (AvgIpc) is 3.35. The number of amides is 1. The Balaban J connectivity index is 3.42. The zero-order valence-electron chi connectivity index (χ0n) is 46.8. The number of hydrogen-bond acceptors (Lipinski definition) is 5. The van der Waals surface area contributed by atoms with E-state index in [2.05, 4.69) is 31.3 Å². The van der Waals surface area contributed by atoms with Crippen LogP contribution < -0.4 is 5.32 Å². The van der Waals surface area contributed by atoms with Crippen LogP contribution in [-0.4, -0.2) is 47.4 Å². The van der Waals surface area contributed by atoms with Gasteiger partial charge in [0.1, 0.15) is 0 Å². The minimum Gasteiger partial charge on any atom is -0.466 e. The molecule has 2 unspecified atom stereocenters. The molecule has 0 saturated heterocycles. The van der Waals surface area contributed by atoms with Crippen molar-refractivity contribution in [1.29, 1.82) is 0 Å². The summed E-state index contributed by atoms with van der Waals surface area (Å²) in [6.45, 7) is 4.96. The van der Waals surface area contributed by atoms with Crippen molar-refractivity contribution < 1.29 is 24.5 Å². The first kappa shape index (κ1) is 67.6. The van der Waals surface area contributed by atoms with Gasteiger partial charge in [-0.2, -0.15) is 0 Å². The van der Waals surface area contributed by atoms with E-state index >= 15 is 0 Å². The second-order valence-corrected chi connectivity index (χ2v) is 21.7. The number of carbonyl (C=O) groups excluding carboxylic acids is 2. The topological polar surface area (TPSA) is 95.9 Å². The Kier molecular flexibility index (Phi) is 58.0. The van der Waals surface area contributed by atoms with Gasteiger partial charge in [0.05, 0.1) is 25.4 Å². The molecule has 2 atom stereocenters. The Morgan fingerprint density at radius 3 is 1.03 bits per heavy atom. The first-order valence-corrected chi connectivity index (χ1v) is 31.4. The van der Waals surface area contributed by atoms with Crippen LogP contribution in [0.5, 0.6) is 0 Å². The smallest absolute Gasteiger partial charge is 0.305 e. The van der Waals surface area contributed by atoms with Crippen molar-refractivity contribution in [2.75, 3.05) is 13.2 Å². The Bertz CT molecular complexity index is 1030. The first-order chi connectivity index (χ1) is 34.0. The number of hydrogen-bond donors (Lipinski definition) is 3. The van der Waals surface area contributed by atoms with Crippen molar-refractivity contribution in [3.63, 3.8) is 0 Å². The second kappa shape index (κ2) is 59.2. The summed E-state index contributed by atoms with van der Waals surface area (Å²) in [4.78, 5) is 24.6. The fourth-order valence-corrected chi connectivity index (χ4v) is 9.99. The number of allylic oxidation sites excluding steroid dienone is 2. The minimum absolute atomic E-state index is 0.00419. The molecule has 0 fully saturated rings. The SMILES string of the molecule is CCCCCCCC/C=C\CCCCCCCCCC(=O)OCCCCCCCCCCCCCCCCC(=O)NC(CO)C(O)CCCCCCCCCCCCCCCCCCCCCCC. The summed E-state index contributed by atoms with van der Waals surface area (Å²) >= 11 is 0. The van der Waals surface area contributed by atoms with Crippen LogP contribution in [0.2, 0.25) is 0 Å². The van der Waals surface area contributed by atoms with Crippen LogP contribution >= 0.6 is 0 Å². The van der Waals surface area contributed by atoms with E-state index in [1.165, 1.54) is 270 Å². The van der Waals surface area contributed by atoms with Crippen LogP contribution in [0.1, 0.15) is 354 Å². The number of nitrogens with one attached hydrogen (secondary N) is 1. The molecular weight excluding hydrogens is 851 g/mol. The lowest BCUT2D eigenvalue weighted by Gasteiger charge is -2.22. The fraction of sp³-hybridized carbons (Fsp3) is 0.937. The highest BCUT2D eigenvalue weighted by molar-refractivity contribution is 5.76. The standard InChI is InChI=1S/C63H123NO5/c1-3-5-7-9-11-13-15-17-19-21-22-23-24-26-27-31-35-39-43-47-51-55-61(66)60(59-65)64-62(67)56-52-48-44-40-36-32-29-30-34-38-42-46-50-54-58-69-63(68)57-53-49-45-41-37-33-28-25-20-18-16-14-12-10-8-6-4-2/h18,20,60-61,65-66H,3-17,19,21-59H2,1-2H3,(H,64,67)/b20-18-. The van der Waals surface area contributed by atoms with E-state index in [1.54, 1.807) is 0 Å². The van der Waals surface area contributed by atoms with E-state index in [-0.39, 0.29) is 18.5 Å². The van der Waals surface area contributed by atoms with E-state index < -0.39 is 12.1 Å². The average molecular weight is 975 g/mol. The molecule has 69 heavy (non-hydrogen) atoms. The number of rotatable bonds is 59. The maximum atomic E-state index is 12.5. The van der Waals surface area contributed by atoms with E-state index in [0.717, 1.165) is 51.4 Å². The Morgan fingerprint density at radius 2 is 0.681 bits per heavy atom. The monoisotopic (exact) mass is 974 g/mol. The lowest BCUT2D eigenvalue weighted by Crippen LogP contribution is -2.45. The van der Waals surface area contributed by atoms with E-state index in [1.807, 2.05) is 0 Å². The fourth-order valence-electron chi connectivity index (χ4n) is 9.99. The maximum absolute atomic E-state index is 12.5. The Labute approximate surface area is 431 Å². The third-order valence-corrected chi connectivity index (χ3v) is 14.8. The molecule has 0 aromatic rings. The first-order valence-electron chi connectivity index (χ1n) is 31.4. The third kappa shape index (κ3) is 55.8. The number of ether oxygens (including phenoxy) is 1. The minimum atomic E-state index is -0.672. The summed E-state index contributed by atoms with van der Waals surface area (Å²) in [5.41, 5.74) is 0. The molecular formula is C63H123NO5. The predicted octanol–water partition coefficient (Wildman–Crippen LogP) is 19.6. The summed E-state index contributed by atoms with van der Waals surface area (Å²) in [6.07, 6.45) is 70.7. The van der Waals surface area contributed by atoms with Crippen LogP contribution in [-0.2, 0) is 14.3 Å². The molecule has 0 aromatic carbocycles. The normalized spacial score (nSPS) is 12.6. The van der Waals surface area contributed by atoms with Gasteiger partial charge < -0.3 is 20.3 Å². The molecule has 410 valence electrons. The molecule has 0 radical (unpaired) electrons. The largest absolute Gasteiger partial charge is 0.466 e. The molecule has 0 aliphatic carbocycles. The van der Waals surface area contributed by atoms with E-state index in [9.17, 15) is 19.8 Å². The van der Waals surface area contributed by atoms with Crippen molar-refractivity contribution in [3.8, 4) is 0 Å². The van der Waals surface area contributed by atoms with Gasteiger partial charge in [-0.3, -0.25) is 9.59 Å². The molecule has 1 amide bonds. The zero-order valence-corrected chi connectivity index (χ0v) is 46.8. The van der Waals surface area contributed by atoms with Gasteiger partial charge in [0.25, 0.3) is 0 Å². The van der Waals surface area contributed by atoms with E-state index in [4.69, 9.17) is 4.74 Å². The van der Waals surface area contributed by atoms with E-state index in [0.29, 0.717) is 25.9 Å². The third-order valence-electron chi connectivity index (χ3n) is 14.8. The van der Waals surface area contributed by atoms with Crippen LogP contribution in [0.15, 0.2) is 12.2 Å². The lowest BCUT2D eigenvalue weighted by atomic mass is 10.0. The van der Waals surface area contributed by atoms with Gasteiger partial charge in [-0.05, 0) is 51.4 Å². The second-order valence-electron chi connectivity index (χ2n) is 21.7. The molecule has 6 nitrogen and oxygen atoms in total. The number of unbranched alkanes of at least 4 members (excludes halogenated alkanes) is 46. The van der Waals surface area contributed by atoms with Crippen molar-refractivity contribution in [3.05, 3.63) is 12.2 Å². The van der Waals surface area contributed by atoms with Crippen LogP contribution in [0.4, 0.5) is 0 Å². The Hall–Kier alpha value is -1.40. The van der Waals surface area contributed by atoms with Gasteiger partial charge in [-0.15, -0.1) is 0 Å². The Morgan fingerprint density at radius 1 is 0.391 bits per heavy atom. The van der Waals surface area contributed by atoms with Gasteiger partial charge in [0.2, 0.25) is 5.91 Å². The number of esters is 1. The highest BCUT2D eigenvalue weighted by Crippen LogP contribution is 2.18. The quantitative estimate of drug-likeness (QED) is 0.0321. The van der Waals surface area contributed by atoms with Gasteiger partial charge in [0.15, 0.2) is 0 Å². The summed E-state index contributed by atoms with van der Waals surface area (Å²) in [5.74, 6) is -0.0457. The summed E-state index contributed by atoms with van der Waals surface area (Å²) in [6, 6.07) is -0.550. The number of aliphatic hydroxyl groups is 2. The maximum Gasteiger partial charge on any atom is 0.305 e. The number of carbonyl (C=O) groups is 2. The summed E-state index contributed by atoms with van der Waals surface area (Å²) in [5, 5.41) is 23.4. The molecule has 0 rings (SSSR count). The molecule has 0 aliphatic heterocycles. The summed E-state index contributed by atoms with van der Waals surface area (Å²) < 4.78 is 5.49. The molecule has 0 saturated carbocycles. The molecule has 6 heteroatoms. The van der Waals surface area contributed by atoms with Gasteiger partial charge in [0, 0.05) is 12.8 Å². The van der Waals surface area contributed by atoms with Crippen LogP contribution in [0.3, 0.4) is 0 Å².